The molecule has 2 aromatic carbocycles. The number of rotatable bonds is 15. The van der Waals surface area contributed by atoms with Crippen LogP contribution in [0.2, 0.25) is 0 Å². The summed E-state index contributed by atoms with van der Waals surface area (Å²) in [6, 6.07) is 12.5. The second kappa shape index (κ2) is 19.1. The van der Waals surface area contributed by atoms with Crippen LogP contribution in [0.1, 0.15) is 113 Å². The van der Waals surface area contributed by atoms with Crippen LogP contribution in [-0.4, -0.2) is 71.4 Å². The van der Waals surface area contributed by atoms with Gasteiger partial charge in [0.05, 0.1) is 12.2 Å². The number of alkyl carbamates (subject to hydrolysis) is 1. The SMILES string of the molecule is CC(C)(C)OC(=O)NC1CC2CCC(C1)N2OC(=O)c1cc(-c2ccc(C#N)c(F)c2)c(-c2ccc(OCCCCCCC(=O)NOC3CCCCO3)c(O)c2)s1. The maximum absolute atomic E-state index is 14.9. The topological polar surface area (TPSA) is 169 Å². The van der Waals surface area contributed by atoms with E-state index in [1.54, 1.807) is 35.4 Å². The lowest BCUT2D eigenvalue weighted by Gasteiger charge is -2.37. The molecule has 3 unspecified atom stereocenters. The lowest BCUT2D eigenvalue weighted by molar-refractivity contribution is -0.200. The first kappa shape index (κ1) is 41.9. The molecule has 15 heteroatoms. The van der Waals surface area contributed by atoms with Gasteiger partial charge in [-0.3, -0.25) is 4.79 Å². The third kappa shape index (κ3) is 11.4. The van der Waals surface area contributed by atoms with Crippen LogP contribution in [0.5, 0.6) is 11.5 Å². The van der Waals surface area contributed by atoms with Crippen molar-refractivity contribution in [3.05, 3.63) is 58.7 Å². The Morgan fingerprint density at radius 2 is 1.75 bits per heavy atom. The number of hydrogen-bond acceptors (Lipinski definition) is 12. The Balaban J connectivity index is 1.06. The van der Waals surface area contributed by atoms with Crippen LogP contribution in [0.4, 0.5) is 9.18 Å². The van der Waals surface area contributed by atoms with Crippen molar-refractivity contribution in [3.63, 3.8) is 0 Å². The number of hydrogen-bond donors (Lipinski definition) is 3. The quantitative estimate of drug-likeness (QED) is 0.0998. The molecule has 306 valence electrons. The van der Waals surface area contributed by atoms with Crippen molar-refractivity contribution in [2.75, 3.05) is 13.2 Å². The second-order valence-corrected chi connectivity index (χ2v) is 16.8. The van der Waals surface area contributed by atoms with Gasteiger partial charge in [-0.25, -0.2) is 24.3 Å². The van der Waals surface area contributed by atoms with E-state index in [-0.39, 0.29) is 46.5 Å². The van der Waals surface area contributed by atoms with Crippen molar-refractivity contribution in [3.8, 4) is 39.1 Å². The van der Waals surface area contributed by atoms with Crippen molar-refractivity contribution < 1.29 is 47.8 Å². The molecule has 1 aromatic heterocycles. The summed E-state index contributed by atoms with van der Waals surface area (Å²) in [5.74, 6) is -1.23. The summed E-state index contributed by atoms with van der Waals surface area (Å²) < 4.78 is 31.6. The monoisotopic (exact) mass is 806 g/mol. The highest BCUT2D eigenvalue weighted by Gasteiger charge is 2.44. The number of unbranched alkanes of at least 4 members (excludes halogenated alkanes) is 3. The van der Waals surface area contributed by atoms with Crippen molar-refractivity contribution >= 4 is 29.3 Å². The van der Waals surface area contributed by atoms with Gasteiger partial charge in [0.1, 0.15) is 22.4 Å². The lowest BCUT2D eigenvalue weighted by Crippen LogP contribution is -2.51. The minimum absolute atomic E-state index is 0.0723. The fraction of sp³-hybridized carbons (Fsp3) is 0.524. The Bertz CT molecular complexity index is 1920. The zero-order valence-electron chi connectivity index (χ0n) is 32.6. The number of aromatic hydroxyl groups is 1. The molecule has 3 atom stereocenters. The summed E-state index contributed by atoms with van der Waals surface area (Å²) in [7, 11) is 0. The van der Waals surface area contributed by atoms with Gasteiger partial charge in [-0.1, -0.05) is 18.9 Å². The number of piperidine rings is 1. The zero-order valence-corrected chi connectivity index (χ0v) is 33.5. The van der Waals surface area contributed by atoms with E-state index in [9.17, 15) is 29.1 Å². The first-order valence-corrected chi connectivity index (χ1v) is 20.5. The van der Waals surface area contributed by atoms with E-state index in [2.05, 4.69) is 10.8 Å². The van der Waals surface area contributed by atoms with E-state index in [0.717, 1.165) is 62.7 Å². The lowest BCUT2D eigenvalue weighted by atomic mass is 9.99. The maximum Gasteiger partial charge on any atom is 0.407 e. The summed E-state index contributed by atoms with van der Waals surface area (Å²) in [4.78, 5) is 50.4. The highest BCUT2D eigenvalue weighted by molar-refractivity contribution is 7.18. The van der Waals surface area contributed by atoms with E-state index < -0.39 is 23.5 Å². The largest absolute Gasteiger partial charge is 0.504 e. The van der Waals surface area contributed by atoms with Gasteiger partial charge in [0, 0.05) is 48.0 Å². The van der Waals surface area contributed by atoms with Gasteiger partial charge in [-0.2, -0.15) is 5.26 Å². The summed E-state index contributed by atoms with van der Waals surface area (Å²) in [6.45, 7) is 6.44. The molecule has 6 rings (SSSR count). The molecule has 57 heavy (non-hydrogen) atoms. The number of benzene rings is 2. The number of halogens is 1. The summed E-state index contributed by atoms with van der Waals surface area (Å²) in [5.41, 5.74) is 3.33. The van der Waals surface area contributed by atoms with Gasteiger partial charge in [0.25, 0.3) is 0 Å². The van der Waals surface area contributed by atoms with E-state index in [4.69, 9.17) is 23.9 Å². The number of nitrogens with one attached hydrogen (secondary N) is 2. The number of thiophene rings is 1. The van der Waals surface area contributed by atoms with E-state index in [1.807, 2.05) is 26.8 Å². The van der Waals surface area contributed by atoms with Gasteiger partial charge in [0.2, 0.25) is 5.91 Å². The Hall–Kier alpha value is -4.75. The van der Waals surface area contributed by atoms with Crippen LogP contribution in [0, 0.1) is 17.1 Å². The Morgan fingerprint density at radius 1 is 1.00 bits per heavy atom. The van der Waals surface area contributed by atoms with Gasteiger partial charge >= 0.3 is 12.1 Å². The molecule has 3 saturated heterocycles. The zero-order chi connectivity index (χ0) is 40.5. The molecule has 3 aliphatic rings. The van der Waals surface area contributed by atoms with E-state index >= 15 is 0 Å². The fourth-order valence-electron chi connectivity index (χ4n) is 7.40. The molecule has 3 aromatic rings. The molecule has 2 bridgehead atoms. The number of hydroxylamine groups is 3. The second-order valence-electron chi connectivity index (χ2n) is 15.7. The maximum atomic E-state index is 14.9. The molecule has 3 fully saturated rings. The average molecular weight is 807 g/mol. The van der Waals surface area contributed by atoms with Gasteiger partial charge in [-0.05, 0) is 120 Å². The molecule has 3 aliphatic heterocycles. The summed E-state index contributed by atoms with van der Waals surface area (Å²) in [5, 5.41) is 25.0. The number of nitriles is 1. The van der Waals surface area contributed by atoms with Crippen LogP contribution >= 0.6 is 11.3 Å². The predicted molar refractivity (Wildman–Crippen MR) is 209 cm³/mol. The molecule has 3 N–H and O–H groups in total. The summed E-state index contributed by atoms with van der Waals surface area (Å²) in [6.07, 6.45) is 8.22. The Morgan fingerprint density at radius 3 is 2.44 bits per heavy atom. The number of phenolic OH excluding ortho intramolecular Hbond substituents is 1. The van der Waals surface area contributed by atoms with Crippen molar-refractivity contribution in [1.29, 1.82) is 5.26 Å². The fourth-order valence-corrected chi connectivity index (χ4v) is 8.45. The Labute approximate surface area is 336 Å². The standard InChI is InChI=1S/C42H51FN4O9S/c1-42(2,3)54-41(51)45-29-22-30-15-16-31(23-29)47(30)56-40(50)36-24-32(26-12-13-28(25-44)33(43)20-26)39(57-36)27-14-17-35(34(48)21-27)52-18-8-5-4-6-10-37(49)46-55-38-11-7-9-19-53-38/h12-14,17,20-21,24,29-31,38,48H,4-11,15-16,18-19,22-23H2,1-3H3,(H,45,51)(H,46,49). The molecule has 0 saturated carbocycles. The molecule has 4 heterocycles. The molecular weight excluding hydrogens is 756 g/mol. The number of nitrogens with zero attached hydrogens (tertiary/aromatic N) is 2. The summed E-state index contributed by atoms with van der Waals surface area (Å²) >= 11 is 1.16. The Kier molecular flexibility index (Phi) is 14.1. The van der Waals surface area contributed by atoms with Gasteiger partial charge < -0.3 is 29.5 Å². The number of phenols is 1. The van der Waals surface area contributed by atoms with Crippen molar-refractivity contribution in [2.24, 2.45) is 0 Å². The molecule has 0 aliphatic carbocycles. The van der Waals surface area contributed by atoms with Crippen molar-refractivity contribution in [2.45, 2.75) is 128 Å². The molecule has 0 radical (unpaired) electrons. The molecule has 13 nitrogen and oxygen atoms in total. The third-order valence-electron chi connectivity index (χ3n) is 10.1. The van der Waals surface area contributed by atoms with Crippen LogP contribution in [0.25, 0.3) is 21.6 Å². The number of ether oxygens (including phenoxy) is 3. The van der Waals surface area contributed by atoms with Crippen LogP contribution < -0.4 is 15.5 Å². The molecular formula is C42H51FN4O9S. The minimum Gasteiger partial charge on any atom is -0.504 e. The van der Waals surface area contributed by atoms with Crippen molar-refractivity contribution in [1.82, 2.24) is 15.9 Å². The normalized spacial score (nSPS) is 20.7. The van der Waals surface area contributed by atoms with Crippen LogP contribution in [-0.2, 0) is 23.9 Å². The smallest absolute Gasteiger partial charge is 0.407 e. The van der Waals surface area contributed by atoms with E-state index in [0.29, 0.717) is 66.2 Å². The predicted octanol–water partition coefficient (Wildman–Crippen LogP) is 8.29. The van der Waals surface area contributed by atoms with Crippen LogP contribution in [0.15, 0.2) is 42.5 Å². The third-order valence-corrected chi connectivity index (χ3v) is 11.3. The van der Waals surface area contributed by atoms with Gasteiger partial charge in [-0.15, -0.1) is 16.4 Å². The average Bonchev–Trinajstić information content (AvgIpc) is 3.71. The highest BCUT2D eigenvalue weighted by atomic mass is 32.1. The van der Waals surface area contributed by atoms with E-state index in [1.165, 1.54) is 12.1 Å². The molecule has 2 amide bonds. The molecule has 0 spiro atoms. The number of carbonyl (C=O) groups is 3. The highest BCUT2D eigenvalue weighted by Crippen LogP contribution is 2.43. The first-order valence-electron chi connectivity index (χ1n) is 19.7. The number of carbonyl (C=O) groups excluding carboxylic acids is 3. The van der Waals surface area contributed by atoms with Crippen LogP contribution in [0.3, 0.4) is 0 Å². The number of amides is 2. The minimum atomic E-state index is -0.690. The first-order chi connectivity index (χ1) is 27.4. The number of fused-ring (bicyclic) bond motifs is 2. The van der Waals surface area contributed by atoms with Gasteiger partial charge in [0.15, 0.2) is 17.8 Å².